The fourth-order valence-corrected chi connectivity index (χ4v) is 3.79. The summed E-state index contributed by atoms with van der Waals surface area (Å²) in [5.74, 6) is 0.318. The molecule has 0 aliphatic rings. The molecule has 114 valence electrons. The summed E-state index contributed by atoms with van der Waals surface area (Å²) in [6.45, 7) is 5.45. The van der Waals surface area contributed by atoms with Gasteiger partial charge in [0, 0.05) is 5.69 Å². The summed E-state index contributed by atoms with van der Waals surface area (Å²) >= 11 is 0. The van der Waals surface area contributed by atoms with Gasteiger partial charge in [-0.15, -0.1) is 0 Å². The molecule has 0 aliphatic heterocycles. The number of nitrogens with one attached hydrogen (secondary N) is 1. The van der Waals surface area contributed by atoms with E-state index in [1.54, 1.807) is 6.92 Å². The van der Waals surface area contributed by atoms with Gasteiger partial charge >= 0.3 is 0 Å². The number of primary sulfonamides is 1. The SMILES string of the molecule is Cc1cc(NS(=O)(=O)CCC(C)C)ccc1S(N)(=O)=O. The first-order valence-corrected chi connectivity index (χ1v) is 9.35. The van der Waals surface area contributed by atoms with Crippen LogP contribution < -0.4 is 9.86 Å². The molecule has 0 spiro atoms. The molecule has 1 aromatic rings. The first kappa shape index (κ1) is 16.9. The number of sulfonamides is 2. The summed E-state index contributed by atoms with van der Waals surface area (Å²) in [5, 5.41) is 5.05. The third-order valence-electron chi connectivity index (χ3n) is 2.72. The molecule has 0 atom stereocenters. The monoisotopic (exact) mass is 320 g/mol. The van der Waals surface area contributed by atoms with Crippen molar-refractivity contribution in [3.05, 3.63) is 23.8 Å². The third kappa shape index (κ3) is 5.10. The standard InChI is InChI=1S/C12H20N2O4S2/c1-9(2)6-7-19(15,16)14-11-4-5-12(10(3)8-11)20(13,17)18/h4-5,8-9,14H,6-7H2,1-3H3,(H2,13,17,18). The molecule has 0 radical (unpaired) electrons. The molecule has 0 heterocycles. The molecule has 0 saturated heterocycles. The molecule has 6 nitrogen and oxygen atoms in total. The fourth-order valence-electron chi connectivity index (χ4n) is 1.65. The van der Waals surface area contributed by atoms with Gasteiger partial charge in [-0.25, -0.2) is 22.0 Å². The molecule has 0 aromatic heterocycles. The van der Waals surface area contributed by atoms with E-state index in [4.69, 9.17) is 5.14 Å². The molecule has 0 bridgehead atoms. The van der Waals surface area contributed by atoms with Crippen LogP contribution >= 0.6 is 0 Å². The summed E-state index contributed by atoms with van der Waals surface area (Å²) in [4.78, 5) is -0.0115. The van der Waals surface area contributed by atoms with E-state index in [1.165, 1.54) is 18.2 Å². The van der Waals surface area contributed by atoms with Crippen LogP contribution in [0.3, 0.4) is 0 Å². The molecule has 0 aliphatic carbocycles. The summed E-state index contributed by atoms with van der Waals surface area (Å²) in [6, 6.07) is 4.14. The van der Waals surface area contributed by atoms with Gasteiger partial charge in [0.2, 0.25) is 20.0 Å². The number of aryl methyl sites for hydroxylation is 1. The van der Waals surface area contributed by atoms with E-state index in [0.717, 1.165) is 0 Å². The maximum Gasteiger partial charge on any atom is 0.238 e. The summed E-state index contributed by atoms with van der Waals surface area (Å²) in [5.41, 5.74) is 0.732. The molecule has 8 heteroatoms. The summed E-state index contributed by atoms with van der Waals surface area (Å²) in [7, 11) is -7.22. The van der Waals surface area contributed by atoms with Gasteiger partial charge in [0.05, 0.1) is 10.6 Å². The second-order valence-electron chi connectivity index (χ2n) is 5.13. The van der Waals surface area contributed by atoms with Crippen molar-refractivity contribution >= 4 is 25.7 Å². The van der Waals surface area contributed by atoms with Gasteiger partial charge in [-0.3, -0.25) is 4.72 Å². The van der Waals surface area contributed by atoms with Gasteiger partial charge in [-0.1, -0.05) is 13.8 Å². The number of nitrogens with two attached hydrogens (primary N) is 1. The van der Waals surface area contributed by atoms with Crippen LogP contribution in [0.5, 0.6) is 0 Å². The number of rotatable bonds is 6. The summed E-state index contributed by atoms with van der Waals surface area (Å²) in [6.07, 6.45) is 0.559. The van der Waals surface area contributed by atoms with Gasteiger partial charge < -0.3 is 0 Å². The zero-order chi connectivity index (χ0) is 15.6. The molecule has 1 rings (SSSR count). The Kier molecular flexibility index (Phi) is 5.17. The second-order valence-corrected chi connectivity index (χ2v) is 8.50. The Morgan fingerprint density at radius 3 is 2.25 bits per heavy atom. The molecule has 0 amide bonds. The van der Waals surface area contributed by atoms with Gasteiger partial charge in [0.15, 0.2) is 0 Å². The van der Waals surface area contributed by atoms with Crippen LogP contribution in [0.2, 0.25) is 0 Å². The Morgan fingerprint density at radius 2 is 1.80 bits per heavy atom. The number of benzene rings is 1. The third-order valence-corrected chi connectivity index (χ3v) is 5.11. The topological polar surface area (TPSA) is 106 Å². The Bertz CT molecular complexity index is 679. The predicted molar refractivity (Wildman–Crippen MR) is 79.4 cm³/mol. The largest absolute Gasteiger partial charge is 0.284 e. The highest BCUT2D eigenvalue weighted by atomic mass is 32.2. The molecule has 3 N–H and O–H groups in total. The van der Waals surface area contributed by atoms with E-state index >= 15 is 0 Å². The molecule has 1 aromatic carbocycles. The number of anilines is 1. The van der Waals surface area contributed by atoms with Crippen molar-refractivity contribution in [3.8, 4) is 0 Å². The van der Waals surface area contributed by atoms with Crippen LogP contribution in [0.15, 0.2) is 23.1 Å². The van der Waals surface area contributed by atoms with Crippen molar-refractivity contribution in [1.82, 2.24) is 0 Å². The van der Waals surface area contributed by atoms with Crippen LogP contribution in [0.4, 0.5) is 5.69 Å². The Labute approximate surface area is 120 Å². The minimum absolute atomic E-state index is 0.0115. The van der Waals surface area contributed by atoms with Crippen LogP contribution in [0, 0.1) is 12.8 Å². The lowest BCUT2D eigenvalue weighted by Gasteiger charge is -2.11. The molecular weight excluding hydrogens is 300 g/mol. The minimum Gasteiger partial charge on any atom is -0.284 e. The maximum absolute atomic E-state index is 11.8. The number of hydrogen-bond donors (Lipinski definition) is 2. The Morgan fingerprint density at radius 1 is 1.20 bits per heavy atom. The second kappa shape index (κ2) is 6.11. The highest BCUT2D eigenvalue weighted by molar-refractivity contribution is 7.92. The van der Waals surface area contributed by atoms with Crippen LogP contribution in [-0.4, -0.2) is 22.6 Å². The van der Waals surface area contributed by atoms with Crippen molar-refractivity contribution in [2.75, 3.05) is 10.5 Å². The maximum atomic E-state index is 11.8. The van der Waals surface area contributed by atoms with Crippen molar-refractivity contribution < 1.29 is 16.8 Å². The summed E-state index contributed by atoms with van der Waals surface area (Å²) < 4.78 is 48.7. The van der Waals surface area contributed by atoms with E-state index in [0.29, 0.717) is 17.7 Å². The van der Waals surface area contributed by atoms with Crippen molar-refractivity contribution in [2.24, 2.45) is 11.1 Å². The van der Waals surface area contributed by atoms with Gasteiger partial charge in [-0.2, -0.15) is 0 Å². The molecule has 20 heavy (non-hydrogen) atoms. The Balaban J connectivity index is 2.93. The van der Waals surface area contributed by atoms with Crippen LogP contribution in [0.1, 0.15) is 25.8 Å². The van der Waals surface area contributed by atoms with Crippen LogP contribution in [-0.2, 0) is 20.0 Å². The average molecular weight is 320 g/mol. The zero-order valence-electron chi connectivity index (χ0n) is 11.8. The minimum atomic E-state index is -3.79. The van der Waals surface area contributed by atoms with E-state index in [2.05, 4.69) is 4.72 Å². The van der Waals surface area contributed by atoms with E-state index < -0.39 is 20.0 Å². The smallest absolute Gasteiger partial charge is 0.238 e. The Hall–Kier alpha value is -1.12. The molecular formula is C12H20N2O4S2. The van der Waals surface area contributed by atoms with Crippen molar-refractivity contribution in [2.45, 2.75) is 32.1 Å². The lowest BCUT2D eigenvalue weighted by atomic mass is 10.2. The van der Waals surface area contributed by atoms with Gasteiger partial charge in [0.25, 0.3) is 0 Å². The van der Waals surface area contributed by atoms with Gasteiger partial charge in [0.1, 0.15) is 0 Å². The first-order valence-electron chi connectivity index (χ1n) is 6.15. The lowest BCUT2D eigenvalue weighted by molar-refractivity contribution is 0.578. The van der Waals surface area contributed by atoms with Crippen molar-refractivity contribution in [1.29, 1.82) is 0 Å². The highest BCUT2D eigenvalue weighted by Crippen LogP contribution is 2.19. The molecule has 0 saturated carbocycles. The average Bonchev–Trinajstić information content (AvgIpc) is 2.24. The van der Waals surface area contributed by atoms with E-state index in [9.17, 15) is 16.8 Å². The fraction of sp³-hybridized carbons (Fsp3) is 0.500. The molecule has 0 unspecified atom stereocenters. The number of hydrogen-bond acceptors (Lipinski definition) is 4. The highest BCUT2D eigenvalue weighted by Gasteiger charge is 2.15. The first-order chi connectivity index (χ1) is 9.01. The van der Waals surface area contributed by atoms with E-state index in [1.807, 2.05) is 13.8 Å². The van der Waals surface area contributed by atoms with Gasteiger partial charge in [-0.05, 0) is 43.0 Å². The zero-order valence-corrected chi connectivity index (χ0v) is 13.4. The van der Waals surface area contributed by atoms with E-state index in [-0.39, 0.29) is 16.6 Å². The van der Waals surface area contributed by atoms with Crippen molar-refractivity contribution in [3.63, 3.8) is 0 Å². The van der Waals surface area contributed by atoms with Crippen LogP contribution in [0.25, 0.3) is 0 Å². The quantitative estimate of drug-likeness (QED) is 0.826. The predicted octanol–water partition coefficient (Wildman–Crippen LogP) is 1.43. The molecule has 0 fully saturated rings. The normalized spacial score (nSPS) is 12.7. The lowest BCUT2D eigenvalue weighted by Crippen LogP contribution is -2.18.